The standard InChI is InChI=1S/C11H12F6N2/c12-10(13,14)5-1-2-6-18-9-4-3-8(7-19-9)11(15,16)17/h3-4,7H,1-2,5-6H2,(H,18,19). The van der Waals surface area contributed by atoms with Gasteiger partial charge in [0.05, 0.1) is 5.56 Å². The third-order valence-electron chi connectivity index (χ3n) is 2.28. The van der Waals surface area contributed by atoms with Crippen molar-refractivity contribution in [3.8, 4) is 0 Å². The molecule has 0 saturated carbocycles. The summed E-state index contributed by atoms with van der Waals surface area (Å²) in [5.41, 5.74) is -0.866. The Morgan fingerprint density at radius 1 is 1.00 bits per heavy atom. The van der Waals surface area contributed by atoms with Crippen LogP contribution in [0.3, 0.4) is 0 Å². The highest BCUT2D eigenvalue weighted by Crippen LogP contribution is 2.28. The first kappa shape index (κ1) is 15.6. The van der Waals surface area contributed by atoms with Gasteiger partial charge in [0.25, 0.3) is 0 Å². The van der Waals surface area contributed by atoms with E-state index in [-0.39, 0.29) is 25.2 Å². The number of hydrogen-bond donors (Lipinski definition) is 1. The van der Waals surface area contributed by atoms with Crippen LogP contribution >= 0.6 is 0 Å². The lowest BCUT2D eigenvalue weighted by atomic mass is 10.2. The molecule has 1 N–H and O–H groups in total. The first-order valence-electron chi connectivity index (χ1n) is 5.52. The largest absolute Gasteiger partial charge is 0.417 e. The maximum Gasteiger partial charge on any atom is 0.417 e. The van der Waals surface area contributed by atoms with E-state index >= 15 is 0 Å². The van der Waals surface area contributed by atoms with Crippen molar-refractivity contribution in [2.75, 3.05) is 11.9 Å². The highest BCUT2D eigenvalue weighted by Gasteiger charge is 2.30. The average Bonchev–Trinajstić information content (AvgIpc) is 2.26. The fourth-order valence-corrected chi connectivity index (χ4v) is 1.33. The molecule has 8 heteroatoms. The number of hydrogen-bond acceptors (Lipinski definition) is 2. The number of rotatable bonds is 5. The number of alkyl halides is 6. The molecule has 0 radical (unpaired) electrons. The van der Waals surface area contributed by atoms with E-state index < -0.39 is 24.3 Å². The van der Waals surface area contributed by atoms with Gasteiger partial charge < -0.3 is 5.32 Å². The Labute approximate surface area is 105 Å². The van der Waals surface area contributed by atoms with Crippen LogP contribution in [0.5, 0.6) is 0 Å². The van der Waals surface area contributed by atoms with Gasteiger partial charge in [0.1, 0.15) is 5.82 Å². The lowest BCUT2D eigenvalue weighted by Gasteiger charge is -2.09. The first-order valence-corrected chi connectivity index (χ1v) is 5.52. The second-order valence-electron chi connectivity index (χ2n) is 3.93. The molecule has 0 fully saturated rings. The van der Waals surface area contributed by atoms with Gasteiger partial charge in [-0.3, -0.25) is 0 Å². The lowest BCUT2D eigenvalue weighted by molar-refractivity contribution is -0.138. The SMILES string of the molecule is FC(F)(F)CCCCNc1ccc(C(F)(F)F)cn1. The lowest BCUT2D eigenvalue weighted by Crippen LogP contribution is -2.10. The third kappa shape index (κ3) is 6.30. The summed E-state index contributed by atoms with van der Waals surface area (Å²) in [4.78, 5) is 3.54. The fourth-order valence-electron chi connectivity index (χ4n) is 1.33. The van der Waals surface area contributed by atoms with Crippen molar-refractivity contribution in [2.24, 2.45) is 0 Å². The van der Waals surface area contributed by atoms with E-state index in [1.807, 2.05) is 0 Å². The maximum atomic E-state index is 12.2. The van der Waals surface area contributed by atoms with Crippen molar-refractivity contribution < 1.29 is 26.3 Å². The van der Waals surface area contributed by atoms with Gasteiger partial charge in [-0.1, -0.05) is 0 Å². The number of nitrogens with zero attached hydrogens (tertiary/aromatic N) is 1. The number of aromatic nitrogens is 1. The van der Waals surface area contributed by atoms with Gasteiger partial charge in [0.15, 0.2) is 0 Å². The van der Waals surface area contributed by atoms with Crippen LogP contribution in [0.15, 0.2) is 18.3 Å². The van der Waals surface area contributed by atoms with Crippen molar-refractivity contribution >= 4 is 5.82 Å². The Morgan fingerprint density at radius 2 is 1.68 bits per heavy atom. The highest BCUT2D eigenvalue weighted by atomic mass is 19.4. The monoisotopic (exact) mass is 286 g/mol. The number of nitrogens with one attached hydrogen (secondary N) is 1. The van der Waals surface area contributed by atoms with E-state index in [0.29, 0.717) is 6.20 Å². The fraction of sp³-hybridized carbons (Fsp3) is 0.545. The number of anilines is 1. The van der Waals surface area contributed by atoms with Crippen molar-refractivity contribution in [3.63, 3.8) is 0 Å². The predicted molar refractivity (Wildman–Crippen MR) is 57.6 cm³/mol. The summed E-state index contributed by atoms with van der Waals surface area (Å²) in [5.74, 6) is 0.208. The first-order chi connectivity index (χ1) is 8.68. The zero-order valence-electron chi connectivity index (χ0n) is 9.78. The van der Waals surface area contributed by atoms with E-state index in [2.05, 4.69) is 10.3 Å². The minimum Gasteiger partial charge on any atom is -0.370 e. The molecule has 0 aliphatic carbocycles. The molecule has 0 spiro atoms. The number of unbranched alkanes of at least 4 members (excludes halogenated alkanes) is 1. The summed E-state index contributed by atoms with van der Waals surface area (Å²) < 4.78 is 72.1. The normalized spacial score (nSPS) is 12.5. The van der Waals surface area contributed by atoms with Crippen molar-refractivity contribution in [2.45, 2.75) is 31.6 Å². The summed E-state index contributed by atoms with van der Waals surface area (Å²) in [5, 5.41) is 2.66. The predicted octanol–water partition coefficient (Wildman–Crippen LogP) is 4.24. The molecule has 108 valence electrons. The molecule has 0 aromatic carbocycles. The van der Waals surface area contributed by atoms with Crippen LogP contribution in [0.4, 0.5) is 32.2 Å². The van der Waals surface area contributed by atoms with Gasteiger partial charge in [-0.05, 0) is 25.0 Å². The molecule has 2 nitrogen and oxygen atoms in total. The maximum absolute atomic E-state index is 12.2. The summed E-state index contributed by atoms with van der Waals surface area (Å²) in [6, 6.07) is 2.01. The second-order valence-corrected chi connectivity index (χ2v) is 3.93. The molecule has 1 rings (SSSR count). The molecule has 0 unspecified atom stereocenters. The van der Waals surface area contributed by atoms with Gasteiger partial charge in [-0.2, -0.15) is 26.3 Å². The summed E-state index contributed by atoms with van der Waals surface area (Å²) in [7, 11) is 0. The molecule has 1 heterocycles. The topological polar surface area (TPSA) is 24.9 Å². The van der Waals surface area contributed by atoms with Crippen LogP contribution in [0.2, 0.25) is 0 Å². The highest BCUT2D eigenvalue weighted by molar-refractivity contribution is 5.35. The van der Waals surface area contributed by atoms with Crippen LogP contribution in [0.1, 0.15) is 24.8 Å². The molecule has 1 aromatic rings. The second kappa shape index (κ2) is 6.12. The molecular formula is C11H12F6N2. The van der Waals surface area contributed by atoms with Crippen LogP contribution < -0.4 is 5.32 Å². The van der Waals surface area contributed by atoms with Gasteiger partial charge in [-0.15, -0.1) is 0 Å². The summed E-state index contributed by atoms with van der Waals surface area (Å²) in [6.45, 7) is 0.231. The molecule has 1 aromatic heterocycles. The molecule has 0 amide bonds. The minimum atomic E-state index is -4.45. The third-order valence-corrected chi connectivity index (χ3v) is 2.28. The van der Waals surface area contributed by atoms with Crippen LogP contribution in [0, 0.1) is 0 Å². The molecule has 0 atom stereocenters. The quantitative estimate of drug-likeness (QED) is 0.646. The smallest absolute Gasteiger partial charge is 0.370 e. The minimum absolute atomic E-state index is 0.0306. The van der Waals surface area contributed by atoms with E-state index in [4.69, 9.17) is 0 Å². The molecule has 0 bridgehead atoms. The van der Waals surface area contributed by atoms with Crippen LogP contribution in [-0.2, 0) is 6.18 Å². The molecule has 0 aliphatic rings. The zero-order chi connectivity index (χ0) is 14.5. The zero-order valence-corrected chi connectivity index (χ0v) is 9.78. The Balaban J connectivity index is 2.31. The van der Waals surface area contributed by atoms with Gasteiger partial charge >= 0.3 is 12.4 Å². The van der Waals surface area contributed by atoms with Crippen LogP contribution in [0.25, 0.3) is 0 Å². The van der Waals surface area contributed by atoms with Crippen LogP contribution in [-0.4, -0.2) is 17.7 Å². The Bertz CT molecular complexity index is 382. The summed E-state index contributed by atoms with van der Waals surface area (Å²) in [6.07, 6.45) is -8.57. The Hall–Kier alpha value is -1.47. The Kier molecular flexibility index (Phi) is 5.02. The molecular weight excluding hydrogens is 274 g/mol. The number of halogens is 6. The summed E-state index contributed by atoms with van der Waals surface area (Å²) >= 11 is 0. The van der Waals surface area contributed by atoms with E-state index in [1.165, 1.54) is 0 Å². The number of pyridine rings is 1. The van der Waals surface area contributed by atoms with E-state index in [1.54, 1.807) is 0 Å². The van der Waals surface area contributed by atoms with Crippen molar-refractivity contribution in [1.29, 1.82) is 0 Å². The molecule has 0 aliphatic heterocycles. The molecule has 0 saturated heterocycles. The van der Waals surface area contributed by atoms with Gasteiger partial charge in [0.2, 0.25) is 0 Å². The van der Waals surface area contributed by atoms with E-state index in [0.717, 1.165) is 12.1 Å². The van der Waals surface area contributed by atoms with Crippen molar-refractivity contribution in [1.82, 2.24) is 4.98 Å². The Morgan fingerprint density at radius 3 is 2.16 bits per heavy atom. The van der Waals surface area contributed by atoms with Crippen molar-refractivity contribution in [3.05, 3.63) is 23.9 Å². The van der Waals surface area contributed by atoms with Gasteiger partial charge in [-0.25, -0.2) is 4.98 Å². The van der Waals surface area contributed by atoms with E-state index in [9.17, 15) is 26.3 Å². The average molecular weight is 286 g/mol. The van der Waals surface area contributed by atoms with Gasteiger partial charge in [0, 0.05) is 19.2 Å². The molecule has 19 heavy (non-hydrogen) atoms.